The molecule has 7 nitrogen and oxygen atoms in total. The first-order valence-corrected chi connectivity index (χ1v) is 11.9. The van der Waals surface area contributed by atoms with E-state index in [1.165, 1.54) is 12.0 Å². The van der Waals surface area contributed by atoms with Crippen LogP contribution in [-0.4, -0.2) is 47.5 Å². The van der Waals surface area contributed by atoms with Crippen LogP contribution < -0.4 is 14.4 Å². The molecule has 1 saturated heterocycles. The van der Waals surface area contributed by atoms with Crippen LogP contribution in [0.3, 0.4) is 0 Å². The molecule has 0 aliphatic carbocycles. The predicted octanol–water partition coefficient (Wildman–Crippen LogP) is 4.77. The van der Waals surface area contributed by atoms with Gasteiger partial charge < -0.3 is 19.3 Å². The van der Waals surface area contributed by atoms with Crippen molar-refractivity contribution in [1.29, 1.82) is 0 Å². The molecule has 0 unspecified atom stereocenters. The standard InChI is InChI=1S/C27H30N4O3/c1-19-9-11-21(12-10-19)34-25-23-18-31(26(32)20-7-6-8-22(17-20)33-2)16-13-24(23)28-27(29-25)30-14-4-3-5-15-30/h6-12,17H,3-5,13-16,18H2,1-2H3. The number of carbonyl (C=O) groups is 1. The van der Waals surface area contributed by atoms with Crippen molar-refractivity contribution >= 4 is 11.9 Å². The van der Waals surface area contributed by atoms with Crippen LogP contribution >= 0.6 is 0 Å². The van der Waals surface area contributed by atoms with Crippen molar-refractivity contribution in [1.82, 2.24) is 14.9 Å². The molecule has 0 radical (unpaired) electrons. The fourth-order valence-electron chi connectivity index (χ4n) is 4.52. The third kappa shape index (κ3) is 4.69. The Morgan fingerprint density at radius 1 is 0.941 bits per heavy atom. The molecule has 0 N–H and O–H groups in total. The third-order valence-corrected chi connectivity index (χ3v) is 6.49. The van der Waals surface area contributed by atoms with Crippen molar-refractivity contribution in [3.05, 3.63) is 70.9 Å². The van der Waals surface area contributed by atoms with E-state index in [1.54, 1.807) is 13.2 Å². The fourth-order valence-corrected chi connectivity index (χ4v) is 4.52. The van der Waals surface area contributed by atoms with Crippen molar-refractivity contribution < 1.29 is 14.3 Å². The first-order chi connectivity index (χ1) is 16.6. The van der Waals surface area contributed by atoms with Gasteiger partial charge in [-0.15, -0.1) is 0 Å². The van der Waals surface area contributed by atoms with Gasteiger partial charge in [-0.05, 0) is 56.5 Å². The molecule has 1 fully saturated rings. The molecule has 2 aliphatic heterocycles. The molecule has 176 valence electrons. The second-order valence-corrected chi connectivity index (χ2v) is 8.93. The number of carbonyl (C=O) groups excluding carboxylic acids is 1. The van der Waals surface area contributed by atoms with E-state index in [1.807, 2.05) is 54.3 Å². The topological polar surface area (TPSA) is 67.8 Å². The number of rotatable bonds is 5. The van der Waals surface area contributed by atoms with Crippen molar-refractivity contribution in [3.63, 3.8) is 0 Å². The van der Waals surface area contributed by atoms with Crippen LogP contribution in [0.15, 0.2) is 48.5 Å². The number of aryl methyl sites for hydroxylation is 1. The van der Waals surface area contributed by atoms with E-state index in [4.69, 9.17) is 19.4 Å². The number of hydrogen-bond acceptors (Lipinski definition) is 6. The summed E-state index contributed by atoms with van der Waals surface area (Å²) in [5.74, 6) is 2.63. The summed E-state index contributed by atoms with van der Waals surface area (Å²) >= 11 is 0. The second kappa shape index (κ2) is 9.71. The summed E-state index contributed by atoms with van der Waals surface area (Å²) in [5.41, 5.74) is 3.62. The summed E-state index contributed by atoms with van der Waals surface area (Å²) in [4.78, 5) is 27.1. The van der Waals surface area contributed by atoms with Gasteiger partial charge in [0.15, 0.2) is 0 Å². The Balaban J connectivity index is 1.47. The van der Waals surface area contributed by atoms with Gasteiger partial charge in [-0.1, -0.05) is 23.8 Å². The Bertz CT molecular complexity index is 1170. The number of benzene rings is 2. The number of aromatic nitrogens is 2. The van der Waals surface area contributed by atoms with Gasteiger partial charge in [0.1, 0.15) is 11.5 Å². The first kappa shape index (κ1) is 22.2. The number of methoxy groups -OCH3 is 1. The van der Waals surface area contributed by atoms with Crippen molar-refractivity contribution in [2.75, 3.05) is 31.6 Å². The number of amides is 1. The highest BCUT2D eigenvalue weighted by molar-refractivity contribution is 5.94. The Morgan fingerprint density at radius 3 is 2.50 bits per heavy atom. The maximum atomic E-state index is 13.3. The normalized spacial score (nSPS) is 15.6. The molecule has 0 saturated carbocycles. The van der Waals surface area contributed by atoms with E-state index in [9.17, 15) is 4.79 Å². The van der Waals surface area contributed by atoms with Gasteiger partial charge in [0, 0.05) is 31.6 Å². The summed E-state index contributed by atoms with van der Waals surface area (Å²) < 4.78 is 11.6. The van der Waals surface area contributed by atoms with E-state index in [2.05, 4.69) is 4.90 Å². The molecule has 3 aromatic rings. The van der Waals surface area contributed by atoms with Crippen molar-refractivity contribution in [2.24, 2.45) is 0 Å². The van der Waals surface area contributed by atoms with Gasteiger partial charge >= 0.3 is 0 Å². The first-order valence-electron chi connectivity index (χ1n) is 11.9. The number of hydrogen-bond donors (Lipinski definition) is 0. The zero-order valence-corrected chi connectivity index (χ0v) is 19.8. The maximum Gasteiger partial charge on any atom is 0.254 e. The highest BCUT2D eigenvalue weighted by Gasteiger charge is 2.28. The molecule has 0 spiro atoms. The number of ether oxygens (including phenoxy) is 2. The van der Waals surface area contributed by atoms with Gasteiger partial charge in [-0.2, -0.15) is 4.98 Å². The third-order valence-electron chi connectivity index (χ3n) is 6.49. The zero-order chi connectivity index (χ0) is 23.5. The molecule has 7 heteroatoms. The lowest BCUT2D eigenvalue weighted by molar-refractivity contribution is 0.0731. The Morgan fingerprint density at radius 2 is 1.74 bits per heavy atom. The summed E-state index contributed by atoms with van der Waals surface area (Å²) in [7, 11) is 1.60. The monoisotopic (exact) mass is 458 g/mol. The molecule has 2 aromatic carbocycles. The van der Waals surface area contributed by atoms with Crippen LogP contribution in [0.5, 0.6) is 17.4 Å². The SMILES string of the molecule is COc1cccc(C(=O)N2CCc3nc(N4CCCCC4)nc(Oc4ccc(C)cc4)c3C2)c1. The van der Waals surface area contributed by atoms with Gasteiger partial charge in [0.2, 0.25) is 11.8 Å². The minimum Gasteiger partial charge on any atom is -0.497 e. The molecule has 1 amide bonds. The fraction of sp³-hybridized carbons (Fsp3) is 0.370. The summed E-state index contributed by atoms with van der Waals surface area (Å²) in [6, 6.07) is 15.2. The van der Waals surface area contributed by atoms with E-state index in [-0.39, 0.29) is 5.91 Å². The van der Waals surface area contributed by atoms with E-state index in [0.29, 0.717) is 36.7 Å². The van der Waals surface area contributed by atoms with Crippen LogP contribution in [0.4, 0.5) is 5.95 Å². The van der Waals surface area contributed by atoms with E-state index in [0.717, 1.165) is 48.9 Å². The number of anilines is 1. The van der Waals surface area contributed by atoms with E-state index >= 15 is 0 Å². The van der Waals surface area contributed by atoms with Crippen LogP contribution in [0.1, 0.15) is 46.4 Å². The average Bonchev–Trinajstić information content (AvgIpc) is 2.89. The number of piperidine rings is 1. The van der Waals surface area contributed by atoms with Crippen LogP contribution in [0, 0.1) is 6.92 Å². The maximum absolute atomic E-state index is 13.3. The smallest absolute Gasteiger partial charge is 0.254 e. The largest absolute Gasteiger partial charge is 0.497 e. The highest BCUT2D eigenvalue weighted by atomic mass is 16.5. The number of fused-ring (bicyclic) bond motifs is 1. The molecule has 5 rings (SSSR count). The molecular formula is C27H30N4O3. The molecule has 0 atom stereocenters. The van der Waals surface area contributed by atoms with Crippen molar-refractivity contribution in [3.8, 4) is 17.4 Å². The second-order valence-electron chi connectivity index (χ2n) is 8.93. The van der Waals surface area contributed by atoms with Gasteiger partial charge in [0.05, 0.1) is 24.9 Å². The lowest BCUT2D eigenvalue weighted by Crippen LogP contribution is -2.37. The molecular weight excluding hydrogens is 428 g/mol. The quantitative estimate of drug-likeness (QED) is 0.548. The van der Waals surface area contributed by atoms with Crippen LogP contribution in [0.2, 0.25) is 0 Å². The Kier molecular flexibility index (Phi) is 6.34. The zero-order valence-electron chi connectivity index (χ0n) is 19.8. The van der Waals surface area contributed by atoms with Crippen molar-refractivity contribution in [2.45, 2.75) is 39.2 Å². The van der Waals surface area contributed by atoms with Gasteiger partial charge in [-0.25, -0.2) is 4.98 Å². The summed E-state index contributed by atoms with van der Waals surface area (Å²) in [5, 5.41) is 0. The lowest BCUT2D eigenvalue weighted by Gasteiger charge is -2.32. The molecule has 3 heterocycles. The molecule has 1 aromatic heterocycles. The van der Waals surface area contributed by atoms with Gasteiger partial charge in [0.25, 0.3) is 5.91 Å². The Labute approximate surface area is 200 Å². The average molecular weight is 459 g/mol. The summed E-state index contributed by atoms with van der Waals surface area (Å²) in [6.45, 7) is 4.98. The minimum absolute atomic E-state index is 0.0362. The highest BCUT2D eigenvalue weighted by Crippen LogP contribution is 2.33. The predicted molar refractivity (Wildman–Crippen MR) is 131 cm³/mol. The molecule has 2 aliphatic rings. The van der Waals surface area contributed by atoms with Crippen LogP contribution in [0.25, 0.3) is 0 Å². The molecule has 0 bridgehead atoms. The minimum atomic E-state index is -0.0362. The number of nitrogens with zero attached hydrogens (tertiary/aromatic N) is 4. The molecule has 34 heavy (non-hydrogen) atoms. The lowest BCUT2D eigenvalue weighted by atomic mass is 10.0. The van der Waals surface area contributed by atoms with E-state index < -0.39 is 0 Å². The Hall–Kier alpha value is -3.61. The van der Waals surface area contributed by atoms with Gasteiger partial charge in [-0.3, -0.25) is 4.79 Å². The van der Waals surface area contributed by atoms with Crippen LogP contribution in [-0.2, 0) is 13.0 Å². The summed E-state index contributed by atoms with van der Waals surface area (Å²) in [6.07, 6.45) is 4.21.